The molecule has 0 aliphatic carbocycles. The average molecular weight is 502 g/mol. The molecule has 176 valence electrons. The summed E-state index contributed by atoms with van der Waals surface area (Å²) in [5.74, 6) is -0.340. The molecule has 1 saturated heterocycles. The number of benzene rings is 2. The smallest absolute Gasteiger partial charge is 0.296 e. The number of carbonyl (C=O) groups excluding carboxylic acids is 2. The Kier molecular flexibility index (Phi) is 6.59. The summed E-state index contributed by atoms with van der Waals surface area (Å²) in [4.78, 5) is 27.7. The summed E-state index contributed by atoms with van der Waals surface area (Å²) >= 11 is 12.5. The molecule has 7 nitrogen and oxygen atoms in total. The number of aliphatic hydroxyl groups is 1. The van der Waals surface area contributed by atoms with E-state index in [9.17, 15) is 14.7 Å². The first kappa shape index (κ1) is 23.7. The third-order valence-electron chi connectivity index (χ3n) is 5.58. The highest BCUT2D eigenvalue weighted by Gasteiger charge is 2.47. The fourth-order valence-corrected chi connectivity index (χ4v) is 4.64. The minimum Gasteiger partial charge on any atom is -0.507 e. The Morgan fingerprint density at radius 3 is 2.32 bits per heavy atom. The first-order chi connectivity index (χ1) is 16.3. The number of Topliss-reactive ketones (excluding diaryl/α,β-unsaturated/α-hetero) is 1. The molecule has 0 radical (unpaired) electrons. The molecule has 0 bridgehead atoms. The molecule has 1 unspecified atom stereocenters. The topological polar surface area (TPSA) is 89.2 Å². The van der Waals surface area contributed by atoms with Crippen molar-refractivity contribution < 1.29 is 28.6 Å². The molecule has 1 aliphatic rings. The Labute approximate surface area is 206 Å². The number of ether oxygens (including phenoxy) is 2. The molecule has 1 aliphatic heterocycles. The maximum Gasteiger partial charge on any atom is 0.296 e. The van der Waals surface area contributed by atoms with Crippen molar-refractivity contribution in [3.05, 3.63) is 86.8 Å². The van der Waals surface area contributed by atoms with E-state index in [1.54, 1.807) is 37.3 Å². The lowest BCUT2D eigenvalue weighted by Gasteiger charge is -2.24. The second-order valence-corrected chi connectivity index (χ2v) is 8.47. The van der Waals surface area contributed by atoms with Crippen molar-refractivity contribution in [2.75, 3.05) is 14.2 Å². The molecule has 1 atom stereocenters. The molecule has 2 aromatic carbocycles. The number of nitrogens with zero attached hydrogens (tertiary/aromatic N) is 1. The molecule has 1 N–H and O–H groups in total. The third kappa shape index (κ3) is 4.13. The molecular formula is C25H21Cl2NO6. The largest absolute Gasteiger partial charge is 0.507 e. The van der Waals surface area contributed by atoms with Gasteiger partial charge < -0.3 is 23.9 Å². The predicted octanol–water partition coefficient (Wildman–Crippen LogP) is 5.53. The molecule has 0 saturated carbocycles. The molecule has 1 aromatic heterocycles. The predicted molar refractivity (Wildman–Crippen MR) is 127 cm³/mol. The van der Waals surface area contributed by atoms with Crippen LogP contribution in [-0.2, 0) is 16.1 Å². The van der Waals surface area contributed by atoms with Crippen LogP contribution < -0.4 is 9.47 Å². The number of para-hydroxylation sites is 1. The highest BCUT2D eigenvalue weighted by atomic mass is 35.5. The molecule has 9 heteroatoms. The summed E-state index contributed by atoms with van der Waals surface area (Å²) in [6.45, 7) is 1.80. The fourth-order valence-electron chi connectivity index (χ4n) is 4.00. The molecule has 34 heavy (non-hydrogen) atoms. The summed E-state index contributed by atoms with van der Waals surface area (Å²) in [6.07, 6.45) is 0. The Balaban J connectivity index is 1.88. The number of amides is 1. The normalized spacial score (nSPS) is 17.3. The molecular weight excluding hydrogens is 481 g/mol. The lowest BCUT2D eigenvalue weighted by molar-refractivity contribution is -0.140. The van der Waals surface area contributed by atoms with Crippen molar-refractivity contribution >= 4 is 40.7 Å². The summed E-state index contributed by atoms with van der Waals surface area (Å²) in [6, 6.07) is 12.4. The number of methoxy groups -OCH3 is 2. The van der Waals surface area contributed by atoms with E-state index < -0.39 is 23.5 Å². The molecule has 4 rings (SSSR count). The van der Waals surface area contributed by atoms with Crippen LogP contribution in [0, 0.1) is 6.92 Å². The van der Waals surface area contributed by atoms with Crippen molar-refractivity contribution in [1.29, 1.82) is 0 Å². The number of ketones is 1. The van der Waals surface area contributed by atoms with Crippen molar-refractivity contribution in [2.45, 2.75) is 19.5 Å². The summed E-state index contributed by atoms with van der Waals surface area (Å²) in [5, 5.41) is 11.5. The van der Waals surface area contributed by atoms with E-state index >= 15 is 0 Å². The second kappa shape index (κ2) is 9.44. The van der Waals surface area contributed by atoms with Crippen LogP contribution in [-0.4, -0.2) is 35.9 Å². The van der Waals surface area contributed by atoms with E-state index in [0.29, 0.717) is 22.8 Å². The van der Waals surface area contributed by atoms with Crippen molar-refractivity contribution in [3.63, 3.8) is 0 Å². The summed E-state index contributed by atoms with van der Waals surface area (Å²) < 4.78 is 16.4. The zero-order valence-corrected chi connectivity index (χ0v) is 20.1. The molecule has 1 amide bonds. The van der Waals surface area contributed by atoms with E-state index in [2.05, 4.69) is 0 Å². The molecule has 3 aromatic rings. The van der Waals surface area contributed by atoms with Crippen LogP contribution in [0.25, 0.3) is 5.76 Å². The fraction of sp³-hybridized carbons (Fsp3) is 0.200. The number of aryl methyl sites for hydroxylation is 1. The van der Waals surface area contributed by atoms with Crippen molar-refractivity contribution in [1.82, 2.24) is 4.90 Å². The number of rotatable bonds is 6. The first-order valence-electron chi connectivity index (χ1n) is 10.3. The summed E-state index contributed by atoms with van der Waals surface area (Å²) in [5.41, 5.74) is 0.724. The number of halogens is 2. The van der Waals surface area contributed by atoms with Crippen LogP contribution >= 0.6 is 23.2 Å². The van der Waals surface area contributed by atoms with Gasteiger partial charge in [0.25, 0.3) is 11.7 Å². The van der Waals surface area contributed by atoms with Crippen LogP contribution in [0.2, 0.25) is 10.0 Å². The highest BCUT2D eigenvalue weighted by molar-refractivity contribution is 6.46. The minimum absolute atomic E-state index is 0.0555. The van der Waals surface area contributed by atoms with Crippen molar-refractivity contribution in [2.24, 2.45) is 0 Å². The lowest BCUT2D eigenvalue weighted by Crippen LogP contribution is -2.29. The van der Waals surface area contributed by atoms with Gasteiger partial charge in [0.15, 0.2) is 5.75 Å². The van der Waals surface area contributed by atoms with Gasteiger partial charge in [0.05, 0.1) is 36.4 Å². The Morgan fingerprint density at radius 1 is 1.06 bits per heavy atom. The first-order valence-corrected chi connectivity index (χ1v) is 11.0. The number of likely N-dealkylation sites (tertiary alicyclic amines) is 1. The van der Waals surface area contributed by atoms with E-state index in [1.807, 2.05) is 6.07 Å². The van der Waals surface area contributed by atoms with Crippen LogP contribution in [0.3, 0.4) is 0 Å². The maximum atomic E-state index is 13.2. The van der Waals surface area contributed by atoms with E-state index in [-0.39, 0.29) is 33.5 Å². The number of furan rings is 1. The number of hydrogen-bond donors (Lipinski definition) is 1. The number of aliphatic hydroxyl groups excluding tert-OH is 1. The van der Waals surface area contributed by atoms with E-state index in [0.717, 1.165) is 0 Å². The Hall–Kier alpha value is -3.42. The Morgan fingerprint density at radius 2 is 1.74 bits per heavy atom. The maximum absolute atomic E-state index is 13.2. The van der Waals surface area contributed by atoms with Gasteiger partial charge in [-0.05, 0) is 37.3 Å². The lowest BCUT2D eigenvalue weighted by atomic mass is 9.99. The average Bonchev–Trinajstić information content (AvgIpc) is 3.35. The zero-order valence-electron chi connectivity index (χ0n) is 18.6. The van der Waals surface area contributed by atoms with Gasteiger partial charge in [-0.15, -0.1) is 0 Å². The van der Waals surface area contributed by atoms with Gasteiger partial charge in [-0.2, -0.15) is 0 Å². The minimum atomic E-state index is -0.974. The summed E-state index contributed by atoms with van der Waals surface area (Å²) in [7, 11) is 2.94. The van der Waals surface area contributed by atoms with Gasteiger partial charge >= 0.3 is 0 Å². The molecule has 2 heterocycles. The van der Waals surface area contributed by atoms with E-state index in [4.69, 9.17) is 37.1 Å². The van der Waals surface area contributed by atoms with Gasteiger partial charge in [-0.25, -0.2) is 0 Å². The SMILES string of the molecule is COc1ccccc1CN1C(=O)C(=O)/C(=C(/O)c2cc(Cl)c(OC)c(Cl)c2)C1c1ccc(C)o1. The standard InChI is InChI=1S/C25H21Cl2NO6/c1-13-8-9-19(34-13)21-20(22(29)15-10-16(26)24(33-3)17(27)11-15)23(30)25(31)28(21)12-14-6-4-5-7-18(14)32-2/h4-11,21,29H,12H2,1-3H3/b22-20+. The van der Waals surface area contributed by atoms with Crippen molar-refractivity contribution in [3.8, 4) is 11.5 Å². The van der Waals surface area contributed by atoms with Gasteiger partial charge in [-0.1, -0.05) is 41.4 Å². The van der Waals surface area contributed by atoms with Crippen LogP contribution in [0.4, 0.5) is 0 Å². The van der Waals surface area contributed by atoms with Crippen LogP contribution in [0.5, 0.6) is 11.5 Å². The van der Waals surface area contributed by atoms with Crippen LogP contribution in [0.15, 0.2) is 58.5 Å². The highest BCUT2D eigenvalue weighted by Crippen LogP contribution is 2.43. The number of hydrogen-bond acceptors (Lipinski definition) is 6. The zero-order chi connectivity index (χ0) is 24.6. The van der Waals surface area contributed by atoms with Gasteiger partial charge in [0, 0.05) is 11.1 Å². The van der Waals surface area contributed by atoms with Gasteiger partial charge in [0.1, 0.15) is 29.1 Å². The quantitative estimate of drug-likeness (QED) is 0.271. The van der Waals surface area contributed by atoms with Gasteiger partial charge in [0.2, 0.25) is 0 Å². The van der Waals surface area contributed by atoms with E-state index in [1.165, 1.54) is 31.3 Å². The Bertz CT molecular complexity index is 1290. The monoisotopic (exact) mass is 501 g/mol. The van der Waals surface area contributed by atoms with Crippen LogP contribution in [0.1, 0.15) is 28.7 Å². The third-order valence-corrected chi connectivity index (χ3v) is 6.14. The second-order valence-electron chi connectivity index (χ2n) is 7.66. The van der Waals surface area contributed by atoms with Gasteiger partial charge in [-0.3, -0.25) is 9.59 Å². The molecule has 0 spiro atoms. The number of carbonyl (C=O) groups is 2. The molecule has 1 fully saturated rings.